The summed E-state index contributed by atoms with van der Waals surface area (Å²) in [6.07, 6.45) is 4.11. The van der Waals surface area contributed by atoms with Gasteiger partial charge < -0.3 is 10.1 Å². The van der Waals surface area contributed by atoms with Gasteiger partial charge in [0.2, 0.25) is 0 Å². The first-order chi connectivity index (χ1) is 10.2. The lowest BCUT2D eigenvalue weighted by molar-refractivity contribution is 0.0952. The maximum Gasteiger partial charge on any atom is 0.254 e. The molecular formula is C15H18BrN3O2. The molecule has 6 heteroatoms. The van der Waals surface area contributed by atoms with Gasteiger partial charge in [-0.1, -0.05) is 34.1 Å². The molecule has 0 radical (unpaired) electrons. The minimum absolute atomic E-state index is 0.116. The Kier molecular flexibility index (Phi) is 5.95. The predicted octanol–water partition coefficient (Wildman–Crippen LogP) is 2.40. The van der Waals surface area contributed by atoms with Gasteiger partial charge in [0.15, 0.2) is 0 Å². The highest BCUT2D eigenvalue weighted by Gasteiger charge is 2.10. The molecular weight excluding hydrogens is 334 g/mol. The molecule has 2 rings (SSSR count). The Balaban J connectivity index is 1.88. The number of hydrogen-bond donors (Lipinski definition) is 1. The van der Waals surface area contributed by atoms with Crippen molar-refractivity contribution in [1.29, 1.82) is 0 Å². The highest BCUT2D eigenvalue weighted by Crippen LogP contribution is 2.08. The van der Waals surface area contributed by atoms with E-state index in [-0.39, 0.29) is 10.7 Å². The number of aromatic nitrogens is 2. The van der Waals surface area contributed by atoms with Crippen molar-refractivity contribution in [3.63, 3.8) is 0 Å². The van der Waals surface area contributed by atoms with Crippen molar-refractivity contribution in [1.82, 2.24) is 15.1 Å². The van der Waals surface area contributed by atoms with Crippen molar-refractivity contribution in [3.8, 4) is 5.69 Å². The average molecular weight is 352 g/mol. The third-order valence-corrected chi connectivity index (χ3v) is 3.68. The number of ether oxygens (including phenoxy) is 1. The van der Waals surface area contributed by atoms with Gasteiger partial charge >= 0.3 is 0 Å². The van der Waals surface area contributed by atoms with Crippen molar-refractivity contribution >= 4 is 21.8 Å². The highest BCUT2D eigenvalue weighted by atomic mass is 79.9. The van der Waals surface area contributed by atoms with Crippen LogP contribution < -0.4 is 5.32 Å². The third kappa shape index (κ3) is 4.68. The van der Waals surface area contributed by atoms with Crippen molar-refractivity contribution in [2.24, 2.45) is 0 Å². The molecule has 5 nitrogen and oxygen atoms in total. The summed E-state index contributed by atoms with van der Waals surface area (Å²) in [5, 5.41) is 7.08. The van der Waals surface area contributed by atoms with Gasteiger partial charge in [-0.2, -0.15) is 5.10 Å². The van der Waals surface area contributed by atoms with Gasteiger partial charge in [-0.3, -0.25) is 4.79 Å². The molecule has 0 bridgehead atoms. The molecule has 0 fully saturated rings. The van der Waals surface area contributed by atoms with Crippen molar-refractivity contribution in [3.05, 3.63) is 48.3 Å². The van der Waals surface area contributed by atoms with E-state index in [1.807, 2.05) is 30.3 Å². The molecule has 0 aliphatic rings. The van der Waals surface area contributed by atoms with E-state index in [1.165, 1.54) is 0 Å². The van der Waals surface area contributed by atoms with Crippen LogP contribution in [0.25, 0.3) is 5.69 Å². The van der Waals surface area contributed by atoms with Gasteiger partial charge in [-0.15, -0.1) is 0 Å². The number of nitrogens with zero attached hydrogens (tertiary/aromatic N) is 2. The molecule has 21 heavy (non-hydrogen) atoms. The average Bonchev–Trinajstić information content (AvgIpc) is 2.98. The summed E-state index contributed by atoms with van der Waals surface area (Å²) in [5.74, 6) is -0.116. The Morgan fingerprint density at radius 3 is 2.90 bits per heavy atom. The fourth-order valence-electron chi connectivity index (χ4n) is 1.87. The van der Waals surface area contributed by atoms with E-state index in [1.54, 1.807) is 24.2 Å². The number of alkyl halides is 1. The van der Waals surface area contributed by atoms with E-state index in [9.17, 15) is 4.79 Å². The minimum Gasteiger partial charge on any atom is -0.384 e. The normalized spacial score (nSPS) is 12.1. The smallest absolute Gasteiger partial charge is 0.254 e. The number of halogens is 1. The summed E-state index contributed by atoms with van der Waals surface area (Å²) in [4.78, 5) is 12.3. The second-order valence-corrected chi connectivity index (χ2v) is 5.90. The van der Waals surface area contributed by atoms with Crippen LogP contribution in [-0.4, -0.2) is 40.8 Å². The Bertz CT molecular complexity index is 571. The summed E-state index contributed by atoms with van der Waals surface area (Å²) in [6, 6.07) is 9.69. The van der Waals surface area contributed by atoms with E-state index in [2.05, 4.69) is 26.3 Å². The van der Waals surface area contributed by atoms with Gasteiger partial charge in [-0.25, -0.2) is 4.68 Å². The summed E-state index contributed by atoms with van der Waals surface area (Å²) in [7, 11) is 1.66. The van der Waals surface area contributed by atoms with Crippen LogP contribution in [0, 0.1) is 0 Å². The SMILES string of the molecule is COCC(Br)CCNC(=O)c1cnn(-c2ccccc2)c1. The Labute approximate surface area is 132 Å². The Morgan fingerprint density at radius 2 is 2.19 bits per heavy atom. The van der Waals surface area contributed by atoms with E-state index < -0.39 is 0 Å². The molecule has 0 aliphatic carbocycles. The zero-order valence-electron chi connectivity index (χ0n) is 11.8. The van der Waals surface area contributed by atoms with Crippen LogP contribution >= 0.6 is 15.9 Å². The first kappa shape index (κ1) is 15.7. The van der Waals surface area contributed by atoms with Crippen LogP contribution in [0.15, 0.2) is 42.7 Å². The van der Waals surface area contributed by atoms with Gasteiger partial charge in [-0.05, 0) is 18.6 Å². The van der Waals surface area contributed by atoms with Gasteiger partial charge in [0, 0.05) is 24.7 Å². The van der Waals surface area contributed by atoms with Gasteiger partial charge in [0.25, 0.3) is 5.91 Å². The maximum absolute atomic E-state index is 12.0. The first-order valence-corrected chi connectivity index (χ1v) is 7.63. The van der Waals surface area contributed by atoms with Crippen LogP contribution in [0.5, 0.6) is 0 Å². The lowest BCUT2D eigenvalue weighted by atomic mass is 10.3. The number of hydrogen-bond acceptors (Lipinski definition) is 3. The molecule has 0 spiro atoms. The Morgan fingerprint density at radius 1 is 1.43 bits per heavy atom. The second kappa shape index (κ2) is 7.95. The Hall–Kier alpha value is -1.66. The molecule has 1 aromatic carbocycles. The molecule has 1 atom stereocenters. The monoisotopic (exact) mass is 351 g/mol. The highest BCUT2D eigenvalue weighted by molar-refractivity contribution is 9.09. The standard InChI is InChI=1S/C15H18BrN3O2/c1-21-11-13(16)7-8-17-15(20)12-9-18-19(10-12)14-5-3-2-4-6-14/h2-6,9-10,13H,7-8,11H2,1H3,(H,17,20). The zero-order valence-corrected chi connectivity index (χ0v) is 13.4. The lowest BCUT2D eigenvalue weighted by Gasteiger charge is -2.08. The van der Waals surface area contributed by atoms with Crippen LogP contribution in [0.1, 0.15) is 16.8 Å². The summed E-state index contributed by atoms with van der Waals surface area (Å²) in [5.41, 5.74) is 1.48. The number of carbonyl (C=O) groups excluding carboxylic acids is 1. The number of nitrogens with one attached hydrogen (secondary N) is 1. The molecule has 0 saturated heterocycles. The summed E-state index contributed by atoms with van der Waals surface area (Å²) >= 11 is 3.49. The molecule has 0 saturated carbocycles. The molecule has 1 amide bonds. The van der Waals surface area contributed by atoms with Crippen LogP contribution in [0.2, 0.25) is 0 Å². The molecule has 1 aromatic heterocycles. The fourth-order valence-corrected chi connectivity index (χ4v) is 2.36. The fraction of sp³-hybridized carbons (Fsp3) is 0.333. The van der Waals surface area contributed by atoms with Crippen LogP contribution in [0.3, 0.4) is 0 Å². The number of carbonyl (C=O) groups is 1. The molecule has 1 unspecified atom stereocenters. The number of benzene rings is 1. The molecule has 1 heterocycles. The number of methoxy groups -OCH3 is 1. The lowest BCUT2D eigenvalue weighted by Crippen LogP contribution is -2.26. The van der Waals surface area contributed by atoms with Crippen molar-refractivity contribution < 1.29 is 9.53 Å². The number of rotatable bonds is 7. The van der Waals surface area contributed by atoms with Crippen LogP contribution in [0.4, 0.5) is 0 Å². The topological polar surface area (TPSA) is 56.1 Å². The number of amides is 1. The second-order valence-electron chi connectivity index (χ2n) is 4.61. The molecule has 112 valence electrons. The van der Waals surface area contributed by atoms with Gasteiger partial charge in [0.05, 0.1) is 24.1 Å². The van der Waals surface area contributed by atoms with Crippen LogP contribution in [-0.2, 0) is 4.74 Å². The van der Waals surface area contributed by atoms with E-state index in [0.29, 0.717) is 18.7 Å². The van der Waals surface area contributed by atoms with Crippen molar-refractivity contribution in [2.45, 2.75) is 11.2 Å². The van der Waals surface area contributed by atoms with Crippen molar-refractivity contribution in [2.75, 3.05) is 20.3 Å². The molecule has 0 aliphatic heterocycles. The summed E-state index contributed by atoms with van der Waals surface area (Å²) < 4.78 is 6.71. The summed E-state index contributed by atoms with van der Waals surface area (Å²) in [6.45, 7) is 1.22. The molecule has 1 N–H and O–H groups in total. The first-order valence-electron chi connectivity index (χ1n) is 6.72. The number of para-hydroxylation sites is 1. The van der Waals surface area contributed by atoms with E-state index in [4.69, 9.17) is 4.74 Å². The van der Waals surface area contributed by atoms with Gasteiger partial charge in [0.1, 0.15) is 0 Å². The minimum atomic E-state index is -0.116. The zero-order chi connectivity index (χ0) is 15.1. The van der Waals surface area contributed by atoms with E-state index in [0.717, 1.165) is 12.1 Å². The van der Waals surface area contributed by atoms with E-state index >= 15 is 0 Å². The predicted molar refractivity (Wildman–Crippen MR) is 85.1 cm³/mol. The third-order valence-electron chi connectivity index (χ3n) is 2.96. The molecule has 2 aromatic rings. The quantitative estimate of drug-likeness (QED) is 0.779. The maximum atomic E-state index is 12.0. The largest absolute Gasteiger partial charge is 0.384 e.